The third kappa shape index (κ3) is 2.55. The highest BCUT2D eigenvalue weighted by molar-refractivity contribution is 14.1. The van der Waals surface area contributed by atoms with E-state index < -0.39 is 30.0 Å². The van der Waals surface area contributed by atoms with Gasteiger partial charge in [0.15, 0.2) is 11.6 Å². The van der Waals surface area contributed by atoms with Crippen LogP contribution in [0.1, 0.15) is 33.3 Å². The number of carbonyl (C=O) groups excluding carboxylic acids is 1. The number of esters is 1. The van der Waals surface area contributed by atoms with Crippen LogP contribution in [0.2, 0.25) is 0 Å². The highest BCUT2D eigenvalue weighted by atomic mass is 127. The first-order chi connectivity index (χ1) is 9.51. The van der Waals surface area contributed by atoms with Gasteiger partial charge in [-0.3, -0.25) is 4.79 Å². The number of hydrogen-bond acceptors (Lipinski definition) is 2. The van der Waals surface area contributed by atoms with Crippen molar-refractivity contribution < 1.29 is 22.7 Å². The van der Waals surface area contributed by atoms with E-state index in [1.165, 1.54) is 0 Å². The van der Waals surface area contributed by atoms with Gasteiger partial charge in [-0.15, -0.1) is 0 Å². The third-order valence-corrected chi connectivity index (χ3v) is 5.98. The van der Waals surface area contributed by atoms with Crippen molar-refractivity contribution in [3.8, 4) is 0 Å². The van der Waals surface area contributed by atoms with Gasteiger partial charge in [0.25, 0.3) is 0 Å². The van der Waals surface area contributed by atoms with Crippen molar-refractivity contribution in [2.24, 2.45) is 16.7 Å². The summed E-state index contributed by atoms with van der Waals surface area (Å²) < 4.78 is 45.3. The van der Waals surface area contributed by atoms with Crippen LogP contribution in [-0.2, 0) is 16.1 Å². The molecule has 1 fully saturated rings. The highest BCUT2D eigenvalue weighted by Gasteiger charge is 2.69. The average Bonchev–Trinajstić information content (AvgIpc) is 2.77. The number of halogens is 4. The summed E-state index contributed by atoms with van der Waals surface area (Å²) >= 11 is 1.57. The van der Waals surface area contributed by atoms with E-state index in [2.05, 4.69) is 0 Å². The van der Waals surface area contributed by atoms with E-state index in [1.54, 1.807) is 22.6 Å². The first kappa shape index (κ1) is 16.6. The minimum Gasteiger partial charge on any atom is -0.460 e. The molecule has 0 amide bonds. The van der Waals surface area contributed by atoms with Crippen molar-refractivity contribution in [2.45, 2.75) is 34.3 Å². The smallest absolute Gasteiger partial charge is 0.310 e. The van der Waals surface area contributed by atoms with Gasteiger partial charge in [-0.1, -0.05) is 27.7 Å². The van der Waals surface area contributed by atoms with Crippen molar-refractivity contribution >= 4 is 28.6 Å². The molecule has 1 aromatic rings. The molecule has 21 heavy (non-hydrogen) atoms. The molecule has 1 aliphatic carbocycles. The summed E-state index contributed by atoms with van der Waals surface area (Å²) in [6.07, 6.45) is 0. The van der Waals surface area contributed by atoms with Crippen molar-refractivity contribution in [3.05, 3.63) is 32.7 Å². The van der Waals surface area contributed by atoms with Crippen LogP contribution in [0.5, 0.6) is 0 Å². The van der Waals surface area contributed by atoms with Gasteiger partial charge in [0.2, 0.25) is 0 Å². The maximum absolute atomic E-state index is 13.7. The molecular weight excluding hydrogens is 396 g/mol. The maximum atomic E-state index is 13.7. The number of hydrogen-bond donors (Lipinski definition) is 0. The van der Waals surface area contributed by atoms with Gasteiger partial charge in [0, 0.05) is 11.6 Å². The lowest BCUT2D eigenvalue weighted by Gasteiger charge is -2.10. The molecule has 1 aliphatic rings. The van der Waals surface area contributed by atoms with E-state index >= 15 is 0 Å². The molecule has 1 aromatic carbocycles. The molecule has 0 spiro atoms. The van der Waals surface area contributed by atoms with Crippen LogP contribution in [-0.4, -0.2) is 5.97 Å². The Kier molecular flexibility index (Phi) is 4.06. The summed E-state index contributed by atoms with van der Waals surface area (Å²) in [7, 11) is 0. The minimum absolute atomic E-state index is 0.0754. The normalized spacial score (nSPS) is 19.4. The summed E-state index contributed by atoms with van der Waals surface area (Å²) in [6.45, 7) is 7.33. The Labute approximate surface area is 135 Å². The van der Waals surface area contributed by atoms with Gasteiger partial charge >= 0.3 is 5.97 Å². The van der Waals surface area contributed by atoms with Crippen LogP contribution < -0.4 is 0 Å². The summed E-state index contributed by atoms with van der Waals surface area (Å²) in [5, 5.41) is 0. The fourth-order valence-corrected chi connectivity index (χ4v) is 3.31. The number of benzene rings is 1. The maximum Gasteiger partial charge on any atom is 0.310 e. The van der Waals surface area contributed by atoms with E-state index in [0.717, 1.165) is 0 Å². The number of carbonyl (C=O) groups is 1. The Balaban J connectivity index is 2.14. The molecule has 6 heteroatoms. The Morgan fingerprint density at radius 3 is 2.19 bits per heavy atom. The van der Waals surface area contributed by atoms with Crippen molar-refractivity contribution in [1.82, 2.24) is 0 Å². The molecule has 0 aliphatic heterocycles. The van der Waals surface area contributed by atoms with Crippen LogP contribution in [0.15, 0.2) is 6.07 Å². The molecule has 0 heterocycles. The molecule has 0 saturated heterocycles. The Morgan fingerprint density at radius 2 is 1.71 bits per heavy atom. The van der Waals surface area contributed by atoms with Crippen LogP contribution in [0, 0.1) is 37.8 Å². The Bertz CT molecular complexity index is 571. The third-order valence-electron chi connectivity index (χ3n) is 4.82. The molecule has 2 rings (SSSR count). The van der Waals surface area contributed by atoms with Gasteiger partial charge in [-0.25, -0.2) is 13.2 Å². The second-order valence-corrected chi connectivity index (χ2v) is 7.51. The lowest BCUT2D eigenvalue weighted by atomic mass is 10.0. The fourth-order valence-electron chi connectivity index (χ4n) is 2.76. The molecular formula is C15H16F3IO2. The number of ether oxygens (including phenoxy) is 1. The zero-order chi connectivity index (χ0) is 16.2. The first-order valence-electron chi connectivity index (χ1n) is 6.50. The number of rotatable bonds is 3. The molecule has 0 aromatic heterocycles. The van der Waals surface area contributed by atoms with Crippen LogP contribution in [0.4, 0.5) is 13.2 Å². The Morgan fingerprint density at radius 1 is 1.19 bits per heavy atom. The van der Waals surface area contributed by atoms with Gasteiger partial charge in [0.05, 0.1) is 9.49 Å². The zero-order valence-corrected chi connectivity index (χ0v) is 14.3. The second-order valence-electron chi connectivity index (χ2n) is 6.43. The van der Waals surface area contributed by atoms with E-state index in [4.69, 9.17) is 4.74 Å². The lowest BCUT2D eigenvalue weighted by molar-refractivity contribution is -0.148. The summed E-state index contributed by atoms with van der Waals surface area (Å²) in [5.74, 6) is -4.10. The quantitative estimate of drug-likeness (QED) is 0.417. The average molecular weight is 412 g/mol. The van der Waals surface area contributed by atoms with Gasteiger partial charge in [0.1, 0.15) is 12.4 Å². The van der Waals surface area contributed by atoms with E-state index in [1.807, 2.05) is 27.7 Å². The molecule has 0 N–H and O–H groups in total. The predicted molar refractivity (Wildman–Crippen MR) is 79.9 cm³/mol. The van der Waals surface area contributed by atoms with Crippen molar-refractivity contribution in [3.63, 3.8) is 0 Å². The van der Waals surface area contributed by atoms with E-state index in [9.17, 15) is 18.0 Å². The molecule has 1 saturated carbocycles. The second kappa shape index (κ2) is 5.14. The van der Waals surface area contributed by atoms with Crippen molar-refractivity contribution in [2.75, 3.05) is 0 Å². The zero-order valence-electron chi connectivity index (χ0n) is 12.2. The largest absolute Gasteiger partial charge is 0.460 e. The van der Waals surface area contributed by atoms with Crippen LogP contribution in [0.3, 0.4) is 0 Å². The Hall–Kier alpha value is -0.790. The standard InChI is InChI=1S/C15H16F3IO2/c1-14(2)12(15(14,3)4)13(20)21-6-7-10(18)8(16)5-9(17)11(7)19/h5,12H,6H2,1-4H3. The first-order valence-corrected chi connectivity index (χ1v) is 7.58. The molecule has 0 bridgehead atoms. The monoisotopic (exact) mass is 412 g/mol. The van der Waals surface area contributed by atoms with Gasteiger partial charge < -0.3 is 4.74 Å². The lowest BCUT2D eigenvalue weighted by Crippen LogP contribution is -2.13. The summed E-state index contributed by atoms with van der Waals surface area (Å²) in [5.41, 5.74) is -0.677. The van der Waals surface area contributed by atoms with E-state index in [-0.39, 0.29) is 25.9 Å². The predicted octanol–water partition coefficient (Wildman–Crippen LogP) is 4.43. The van der Waals surface area contributed by atoms with Crippen LogP contribution in [0.25, 0.3) is 0 Å². The molecule has 0 atom stereocenters. The highest BCUT2D eigenvalue weighted by Crippen LogP contribution is 2.68. The SMILES string of the molecule is CC1(C)C(C(=O)OCc2c(F)c(F)cc(F)c2I)C1(C)C. The van der Waals surface area contributed by atoms with Crippen LogP contribution >= 0.6 is 22.6 Å². The summed E-state index contributed by atoms with van der Waals surface area (Å²) in [4.78, 5) is 12.1. The minimum atomic E-state index is -1.29. The van der Waals surface area contributed by atoms with Gasteiger partial charge in [-0.05, 0) is 33.4 Å². The molecule has 116 valence electrons. The van der Waals surface area contributed by atoms with E-state index in [0.29, 0.717) is 6.07 Å². The molecule has 0 radical (unpaired) electrons. The molecule has 0 unspecified atom stereocenters. The molecule has 2 nitrogen and oxygen atoms in total. The topological polar surface area (TPSA) is 26.3 Å². The summed E-state index contributed by atoms with van der Waals surface area (Å²) in [6, 6.07) is 0.482. The van der Waals surface area contributed by atoms with Gasteiger partial charge in [-0.2, -0.15) is 0 Å². The van der Waals surface area contributed by atoms with Crippen molar-refractivity contribution in [1.29, 1.82) is 0 Å². The fraction of sp³-hybridized carbons (Fsp3) is 0.533.